The molecule has 0 bridgehead atoms. The van der Waals surface area contributed by atoms with Crippen molar-refractivity contribution < 1.29 is 9.59 Å². The van der Waals surface area contributed by atoms with Gasteiger partial charge in [0.25, 0.3) is 5.91 Å². The van der Waals surface area contributed by atoms with Crippen molar-refractivity contribution in [2.75, 3.05) is 11.6 Å². The summed E-state index contributed by atoms with van der Waals surface area (Å²) in [4.78, 5) is 25.2. The molecular weight excluding hydrogens is 332 g/mol. The molecule has 0 heterocycles. The van der Waals surface area contributed by atoms with Gasteiger partial charge in [-0.25, -0.2) is 0 Å². The van der Waals surface area contributed by atoms with Crippen molar-refractivity contribution in [1.82, 2.24) is 5.32 Å². The summed E-state index contributed by atoms with van der Waals surface area (Å²) in [6.45, 7) is 4.32. The molecule has 25 heavy (non-hydrogen) atoms. The van der Waals surface area contributed by atoms with Crippen LogP contribution in [0.4, 0.5) is 5.69 Å². The van der Waals surface area contributed by atoms with E-state index in [4.69, 9.17) is 0 Å². The summed E-state index contributed by atoms with van der Waals surface area (Å²) in [5.74, 6) is -0.0815. The Labute approximate surface area is 153 Å². The Hall–Kier alpha value is -2.27. The predicted molar refractivity (Wildman–Crippen MR) is 104 cm³/mol. The number of nitrogens with one attached hydrogen (secondary N) is 2. The van der Waals surface area contributed by atoms with Gasteiger partial charge in [-0.3, -0.25) is 9.59 Å². The van der Waals surface area contributed by atoms with Gasteiger partial charge in [-0.2, -0.15) is 0 Å². The number of carbonyl (C=O) groups is 2. The molecule has 0 aliphatic heterocycles. The van der Waals surface area contributed by atoms with Crippen molar-refractivity contribution in [1.29, 1.82) is 0 Å². The summed E-state index contributed by atoms with van der Waals surface area (Å²) in [6, 6.07) is 13.4. The SMILES string of the molecule is CCCC(=O)Nc1cccc(CNC(=O)c2cc(SC)ccc2C)c1. The summed E-state index contributed by atoms with van der Waals surface area (Å²) in [6.07, 6.45) is 3.31. The third-order valence-electron chi connectivity index (χ3n) is 3.83. The molecule has 0 saturated heterocycles. The van der Waals surface area contributed by atoms with Crippen LogP contribution in [0.15, 0.2) is 47.4 Å². The van der Waals surface area contributed by atoms with Crippen molar-refractivity contribution in [2.45, 2.75) is 38.1 Å². The molecule has 0 atom stereocenters. The van der Waals surface area contributed by atoms with E-state index in [1.807, 2.05) is 62.6 Å². The maximum Gasteiger partial charge on any atom is 0.251 e. The zero-order chi connectivity index (χ0) is 18.2. The second kappa shape index (κ2) is 9.28. The highest BCUT2D eigenvalue weighted by atomic mass is 32.2. The normalized spacial score (nSPS) is 10.4. The zero-order valence-corrected chi connectivity index (χ0v) is 15.7. The van der Waals surface area contributed by atoms with Crippen LogP contribution in [0.2, 0.25) is 0 Å². The second-order valence-corrected chi connectivity index (χ2v) is 6.74. The first-order valence-electron chi connectivity index (χ1n) is 8.35. The fourth-order valence-corrected chi connectivity index (χ4v) is 2.90. The molecule has 132 valence electrons. The predicted octanol–water partition coefficient (Wildman–Crippen LogP) is 4.39. The van der Waals surface area contributed by atoms with Crippen molar-refractivity contribution in [2.24, 2.45) is 0 Å². The molecule has 2 N–H and O–H groups in total. The molecule has 2 amide bonds. The lowest BCUT2D eigenvalue weighted by Gasteiger charge is -2.10. The van der Waals surface area contributed by atoms with Crippen molar-refractivity contribution >= 4 is 29.3 Å². The molecule has 2 aromatic rings. The molecule has 0 unspecified atom stereocenters. The number of aryl methyl sites for hydroxylation is 1. The van der Waals surface area contributed by atoms with Crippen LogP contribution in [-0.2, 0) is 11.3 Å². The molecule has 0 fully saturated rings. The van der Waals surface area contributed by atoms with Gasteiger partial charge in [0.05, 0.1) is 0 Å². The van der Waals surface area contributed by atoms with Crippen LogP contribution in [0, 0.1) is 6.92 Å². The minimum atomic E-state index is -0.0891. The minimum absolute atomic E-state index is 0.00758. The van der Waals surface area contributed by atoms with Crippen LogP contribution >= 0.6 is 11.8 Å². The Balaban J connectivity index is 2.01. The fourth-order valence-electron chi connectivity index (χ4n) is 2.46. The summed E-state index contributed by atoms with van der Waals surface area (Å²) >= 11 is 1.61. The Morgan fingerprint density at radius 1 is 1.12 bits per heavy atom. The maximum atomic E-state index is 12.5. The quantitative estimate of drug-likeness (QED) is 0.724. The van der Waals surface area contributed by atoms with Crippen LogP contribution in [0.5, 0.6) is 0 Å². The van der Waals surface area contributed by atoms with E-state index in [1.54, 1.807) is 11.8 Å². The molecule has 2 rings (SSSR count). The first kappa shape index (κ1) is 19.1. The molecule has 5 heteroatoms. The molecular formula is C20H24N2O2S. The number of amides is 2. The number of hydrogen-bond donors (Lipinski definition) is 2. The van der Waals surface area contributed by atoms with Gasteiger partial charge >= 0.3 is 0 Å². The Bertz CT molecular complexity index is 759. The number of thioether (sulfide) groups is 1. The summed E-state index contributed by atoms with van der Waals surface area (Å²) in [5, 5.41) is 5.82. The molecule has 4 nitrogen and oxygen atoms in total. The molecule has 0 aromatic heterocycles. The fraction of sp³-hybridized carbons (Fsp3) is 0.300. The second-order valence-electron chi connectivity index (χ2n) is 5.86. The highest BCUT2D eigenvalue weighted by molar-refractivity contribution is 7.98. The summed E-state index contributed by atoms with van der Waals surface area (Å²) in [7, 11) is 0. The molecule has 0 spiro atoms. The Morgan fingerprint density at radius 3 is 2.64 bits per heavy atom. The van der Waals surface area contributed by atoms with E-state index in [9.17, 15) is 9.59 Å². The smallest absolute Gasteiger partial charge is 0.251 e. The van der Waals surface area contributed by atoms with Gasteiger partial charge in [-0.1, -0.05) is 25.1 Å². The third-order valence-corrected chi connectivity index (χ3v) is 4.56. The van der Waals surface area contributed by atoms with Crippen LogP contribution in [0.3, 0.4) is 0 Å². The largest absolute Gasteiger partial charge is 0.348 e. The average Bonchev–Trinajstić information content (AvgIpc) is 2.60. The lowest BCUT2D eigenvalue weighted by molar-refractivity contribution is -0.116. The number of benzene rings is 2. The van der Waals surface area contributed by atoms with Gasteiger partial charge < -0.3 is 10.6 Å². The van der Waals surface area contributed by atoms with Crippen molar-refractivity contribution in [3.8, 4) is 0 Å². The zero-order valence-electron chi connectivity index (χ0n) is 14.9. The highest BCUT2D eigenvalue weighted by Gasteiger charge is 2.10. The Kier molecular flexibility index (Phi) is 7.07. The monoisotopic (exact) mass is 356 g/mol. The lowest BCUT2D eigenvalue weighted by atomic mass is 10.1. The molecule has 0 saturated carbocycles. The van der Waals surface area contributed by atoms with Gasteiger partial charge in [0.15, 0.2) is 0 Å². The van der Waals surface area contributed by atoms with E-state index < -0.39 is 0 Å². The topological polar surface area (TPSA) is 58.2 Å². The number of hydrogen-bond acceptors (Lipinski definition) is 3. The highest BCUT2D eigenvalue weighted by Crippen LogP contribution is 2.19. The van der Waals surface area contributed by atoms with E-state index in [0.29, 0.717) is 18.5 Å². The van der Waals surface area contributed by atoms with E-state index in [-0.39, 0.29) is 11.8 Å². The number of carbonyl (C=O) groups excluding carboxylic acids is 2. The van der Waals surface area contributed by atoms with Crippen LogP contribution < -0.4 is 10.6 Å². The first-order valence-corrected chi connectivity index (χ1v) is 9.57. The van der Waals surface area contributed by atoms with Crippen molar-refractivity contribution in [3.63, 3.8) is 0 Å². The van der Waals surface area contributed by atoms with Crippen LogP contribution in [0.1, 0.15) is 41.3 Å². The van der Waals surface area contributed by atoms with E-state index in [1.165, 1.54) is 0 Å². The average molecular weight is 356 g/mol. The lowest BCUT2D eigenvalue weighted by Crippen LogP contribution is -2.23. The van der Waals surface area contributed by atoms with Gasteiger partial charge in [0.1, 0.15) is 0 Å². The van der Waals surface area contributed by atoms with Gasteiger partial charge in [-0.15, -0.1) is 11.8 Å². The van der Waals surface area contributed by atoms with Gasteiger partial charge in [0.2, 0.25) is 5.91 Å². The number of anilines is 1. The van der Waals surface area contributed by atoms with E-state index >= 15 is 0 Å². The summed E-state index contributed by atoms with van der Waals surface area (Å²) < 4.78 is 0. The third kappa shape index (κ3) is 5.64. The van der Waals surface area contributed by atoms with Crippen molar-refractivity contribution in [3.05, 3.63) is 59.2 Å². The van der Waals surface area contributed by atoms with Gasteiger partial charge in [-0.05, 0) is 55.0 Å². The van der Waals surface area contributed by atoms with Crippen LogP contribution in [-0.4, -0.2) is 18.1 Å². The first-order chi connectivity index (χ1) is 12.0. The van der Waals surface area contributed by atoms with E-state index in [2.05, 4.69) is 10.6 Å². The molecule has 0 aliphatic carbocycles. The molecule has 0 radical (unpaired) electrons. The number of rotatable bonds is 7. The van der Waals surface area contributed by atoms with E-state index in [0.717, 1.165) is 28.1 Å². The molecule has 2 aromatic carbocycles. The molecule has 0 aliphatic rings. The minimum Gasteiger partial charge on any atom is -0.348 e. The van der Waals surface area contributed by atoms with Crippen LogP contribution in [0.25, 0.3) is 0 Å². The standard InChI is InChI=1S/C20H24N2O2S/c1-4-6-19(23)22-16-8-5-7-15(11-16)13-21-20(24)18-12-17(25-3)10-9-14(18)2/h5,7-12H,4,6,13H2,1-3H3,(H,21,24)(H,22,23). The summed E-state index contributed by atoms with van der Waals surface area (Å²) in [5.41, 5.74) is 3.35. The van der Waals surface area contributed by atoms with Gasteiger partial charge in [0, 0.05) is 29.1 Å². The Morgan fingerprint density at radius 2 is 1.92 bits per heavy atom. The maximum absolute atomic E-state index is 12.5.